The van der Waals surface area contributed by atoms with E-state index in [1.165, 1.54) is 5.56 Å². The molecule has 1 aromatic carbocycles. The molecule has 0 aliphatic carbocycles. The Labute approximate surface area is 98.0 Å². The minimum absolute atomic E-state index is 1.00. The van der Waals surface area contributed by atoms with Crippen LogP contribution in [0.4, 0.5) is 0 Å². The number of allylic oxidation sites excluding steroid dienone is 5. The standard InChI is InChI=1S/C16H16/c1-4-6-9-15(5-2)11-12-16-10-7-8-14(3)13-16/h4-10,13H,1H2,2-3H3/b9-6-,15-5+. The third-order valence-electron chi connectivity index (χ3n) is 2.09. The van der Waals surface area contributed by atoms with E-state index in [0.29, 0.717) is 0 Å². The molecular formula is C16H16. The molecule has 0 N–H and O–H groups in total. The second-order valence-corrected chi connectivity index (χ2v) is 3.46. The van der Waals surface area contributed by atoms with Crippen LogP contribution in [0, 0.1) is 18.8 Å². The van der Waals surface area contributed by atoms with Crippen molar-refractivity contribution in [3.63, 3.8) is 0 Å². The van der Waals surface area contributed by atoms with Crippen molar-refractivity contribution in [2.75, 3.05) is 0 Å². The summed E-state index contributed by atoms with van der Waals surface area (Å²) in [6, 6.07) is 8.19. The molecule has 0 saturated carbocycles. The van der Waals surface area contributed by atoms with Crippen molar-refractivity contribution in [3.05, 3.63) is 71.8 Å². The Balaban J connectivity index is 2.88. The smallest absolute Gasteiger partial charge is 0.0251 e. The van der Waals surface area contributed by atoms with Crippen LogP contribution in [0.3, 0.4) is 0 Å². The maximum atomic E-state index is 3.63. The fourth-order valence-corrected chi connectivity index (χ4v) is 1.25. The highest BCUT2D eigenvalue weighted by Gasteiger charge is 1.87. The normalized spacial score (nSPS) is 11.0. The summed E-state index contributed by atoms with van der Waals surface area (Å²) in [6.45, 7) is 7.68. The molecule has 0 nitrogen and oxygen atoms in total. The van der Waals surface area contributed by atoms with Gasteiger partial charge in [-0.1, -0.05) is 48.8 Å². The summed E-state index contributed by atoms with van der Waals surface area (Å²) in [5.41, 5.74) is 3.28. The van der Waals surface area contributed by atoms with Gasteiger partial charge in [-0.25, -0.2) is 0 Å². The first-order valence-electron chi connectivity index (χ1n) is 5.30. The van der Waals surface area contributed by atoms with Gasteiger partial charge in [0.15, 0.2) is 0 Å². The molecule has 0 saturated heterocycles. The molecule has 0 radical (unpaired) electrons. The SMILES string of the molecule is C=C/C=C\C(C#Cc1cccc(C)c1)=C/C. The van der Waals surface area contributed by atoms with Crippen LogP contribution in [0.1, 0.15) is 18.1 Å². The first-order valence-corrected chi connectivity index (χ1v) is 5.30. The quantitative estimate of drug-likeness (QED) is 0.508. The second kappa shape index (κ2) is 6.48. The van der Waals surface area contributed by atoms with Crippen molar-refractivity contribution in [2.45, 2.75) is 13.8 Å². The van der Waals surface area contributed by atoms with Gasteiger partial charge >= 0.3 is 0 Å². The molecule has 0 aliphatic heterocycles. The molecule has 0 aromatic heterocycles. The molecule has 0 unspecified atom stereocenters. The summed E-state index contributed by atoms with van der Waals surface area (Å²) in [4.78, 5) is 0. The van der Waals surface area contributed by atoms with Crippen LogP contribution in [0.5, 0.6) is 0 Å². The first-order chi connectivity index (χ1) is 7.76. The average Bonchev–Trinajstić information content (AvgIpc) is 2.29. The van der Waals surface area contributed by atoms with Crippen molar-refractivity contribution in [1.29, 1.82) is 0 Å². The summed E-state index contributed by atoms with van der Waals surface area (Å²) in [5.74, 6) is 6.27. The minimum atomic E-state index is 1.00. The third kappa shape index (κ3) is 4.02. The van der Waals surface area contributed by atoms with E-state index in [1.54, 1.807) is 6.08 Å². The number of hydrogen-bond donors (Lipinski definition) is 0. The van der Waals surface area contributed by atoms with E-state index in [4.69, 9.17) is 0 Å². The van der Waals surface area contributed by atoms with Gasteiger partial charge in [-0.05, 0) is 37.6 Å². The monoisotopic (exact) mass is 208 g/mol. The molecule has 0 heteroatoms. The highest BCUT2D eigenvalue weighted by atomic mass is 13.9. The Kier molecular flexibility index (Phi) is 4.89. The van der Waals surface area contributed by atoms with Crippen LogP contribution in [0.15, 0.2) is 60.7 Å². The van der Waals surface area contributed by atoms with Gasteiger partial charge in [-0.2, -0.15) is 0 Å². The lowest BCUT2D eigenvalue weighted by molar-refractivity contribution is 1.45. The maximum Gasteiger partial charge on any atom is 0.0251 e. The van der Waals surface area contributed by atoms with E-state index in [0.717, 1.165) is 11.1 Å². The lowest BCUT2D eigenvalue weighted by Crippen LogP contribution is -1.77. The van der Waals surface area contributed by atoms with Crippen LogP contribution in [-0.2, 0) is 0 Å². The molecule has 0 spiro atoms. The third-order valence-corrected chi connectivity index (χ3v) is 2.09. The zero-order valence-corrected chi connectivity index (χ0v) is 9.83. The van der Waals surface area contributed by atoms with Crippen molar-refractivity contribution < 1.29 is 0 Å². The molecule has 0 aliphatic rings. The molecule has 0 atom stereocenters. The molecule has 0 fully saturated rings. The van der Waals surface area contributed by atoms with Gasteiger partial charge in [0.05, 0.1) is 0 Å². The zero-order valence-electron chi connectivity index (χ0n) is 9.83. The topological polar surface area (TPSA) is 0 Å². The van der Waals surface area contributed by atoms with E-state index in [9.17, 15) is 0 Å². The molecule has 0 heterocycles. The van der Waals surface area contributed by atoms with Crippen LogP contribution >= 0.6 is 0 Å². The van der Waals surface area contributed by atoms with Gasteiger partial charge in [0.1, 0.15) is 0 Å². The van der Waals surface area contributed by atoms with Crippen molar-refractivity contribution >= 4 is 0 Å². The van der Waals surface area contributed by atoms with Crippen LogP contribution in [-0.4, -0.2) is 0 Å². The van der Waals surface area contributed by atoms with Crippen molar-refractivity contribution in [1.82, 2.24) is 0 Å². The Morgan fingerprint density at radius 3 is 2.81 bits per heavy atom. The zero-order chi connectivity index (χ0) is 11.8. The fourth-order valence-electron chi connectivity index (χ4n) is 1.25. The summed E-state index contributed by atoms with van der Waals surface area (Å²) < 4.78 is 0. The fraction of sp³-hybridized carbons (Fsp3) is 0.125. The van der Waals surface area contributed by atoms with Gasteiger partial charge in [-0.15, -0.1) is 0 Å². The van der Waals surface area contributed by atoms with E-state index in [1.807, 2.05) is 37.3 Å². The predicted octanol–water partition coefficient (Wildman–Crippen LogP) is 4.04. The Hall–Kier alpha value is -2.00. The maximum absolute atomic E-state index is 3.63. The van der Waals surface area contributed by atoms with Gasteiger partial charge in [0.2, 0.25) is 0 Å². The Morgan fingerprint density at radius 1 is 1.38 bits per heavy atom. The molecule has 0 bridgehead atoms. The highest BCUT2D eigenvalue weighted by Crippen LogP contribution is 2.03. The summed E-state index contributed by atoms with van der Waals surface area (Å²) in [5, 5.41) is 0. The molecule has 1 aromatic rings. The van der Waals surface area contributed by atoms with Crippen molar-refractivity contribution in [2.24, 2.45) is 0 Å². The van der Waals surface area contributed by atoms with Crippen molar-refractivity contribution in [3.8, 4) is 11.8 Å². The van der Waals surface area contributed by atoms with Crippen LogP contribution < -0.4 is 0 Å². The number of hydrogen-bond acceptors (Lipinski definition) is 0. The van der Waals surface area contributed by atoms with Gasteiger partial charge in [0, 0.05) is 11.1 Å². The lowest BCUT2D eigenvalue weighted by Gasteiger charge is -1.92. The predicted molar refractivity (Wildman–Crippen MR) is 71.2 cm³/mol. The van der Waals surface area contributed by atoms with E-state index in [-0.39, 0.29) is 0 Å². The summed E-state index contributed by atoms with van der Waals surface area (Å²) in [6.07, 6.45) is 7.58. The number of rotatable bonds is 2. The molecule has 16 heavy (non-hydrogen) atoms. The van der Waals surface area contributed by atoms with Gasteiger partial charge in [0.25, 0.3) is 0 Å². The van der Waals surface area contributed by atoms with E-state index < -0.39 is 0 Å². The van der Waals surface area contributed by atoms with Crippen LogP contribution in [0.25, 0.3) is 0 Å². The van der Waals surface area contributed by atoms with E-state index >= 15 is 0 Å². The molecule has 0 amide bonds. The number of aryl methyl sites for hydroxylation is 1. The molecule has 80 valence electrons. The number of benzene rings is 1. The van der Waals surface area contributed by atoms with Gasteiger partial charge < -0.3 is 0 Å². The van der Waals surface area contributed by atoms with Gasteiger partial charge in [-0.3, -0.25) is 0 Å². The van der Waals surface area contributed by atoms with E-state index in [2.05, 4.69) is 37.5 Å². The molecule has 1 rings (SSSR count). The minimum Gasteiger partial charge on any atom is -0.0991 e. The van der Waals surface area contributed by atoms with Crippen LogP contribution in [0.2, 0.25) is 0 Å². The Morgan fingerprint density at radius 2 is 2.19 bits per heavy atom. The first kappa shape index (κ1) is 12.1. The molecular weight excluding hydrogens is 192 g/mol. The summed E-state index contributed by atoms with van der Waals surface area (Å²) in [7, 11) is 0. The highest BCUT2D eigenvalue weighted by molar-refractivity contribution is 5.45. The average molecular weight is 208 g/mol. The lowest BCUT2D eigenvalue weighted by atomic mass is 10.1. The second-order valence-electron chi connectivity index (χ2n) is 3.46. The summed E-state index contributed by atoms with van der Waals surface area (Å²) >= 11 is 0. The largest absolute Gasteiger partial charge is 0.0991 e. The Bertz CT molecular complexity index is 476.